The van der Waals surface area contributed by atoms with Crippen molar-refractivity contribution < 1.29 is 5.11 Å². The molecule has 0 aliphatic heterocycles. The average Bonchev–Trinajstić information content (AvgIpc) is 2.29. The van der Waals surface area contributed by atoms with Crippen molar-refractivity contribution in [2.75, 3.05) is 11.9 Å². The van der Waals surface area contributed by atoms with Gasteiger partial charge in [-0.25, -0.2) is 9.97 Å². The summed E-state index contributed by atoms with van der Waals surface area (Å²) in [7, 11) is 0. The van der Waals surface area contributed by atoms with Crippen molar-refractivity contribution in [3.63, 3.8) is 0 Å². The largest absolute Gasteiger partial charge is 0.392 e. The topological polar surface area (TPSA) is 58.0 Å². The summed E-state index contributed by atoms with van der Waals surface area (Å²) >= 11 is 0. The molecule has 0 spiro atoms. The molecule has 16 heavy (non-hydrogen) atoms. The van der Waals surface area contributed by atoms with Crippen molar-refractivity contribution in [1.29, 1.82) is 0 Å². The van der Waals surface area contributed by atoms with E-state index in [2.05, 4.69) is 29.1 Å². The molecule has 0 aliphatic carbocycles. The van der Waals surface area contributed by atoms with Crippen LogP contribution in [0.3, 0.4) is 0 Å². The minimum Gasteiger partial charge on any atom is -0.392 e. The highest BCUT2D eigenvalue weighted by molar-refractivity contribution is 5.35. The molecular formula is C12H21N3O. The summed E-state index contributed by atoms with van der Waals surface area (Å²) in [5, 5.41) is 12.3. The minimum absolute atomic E-state index is 0.369. The van der Waals surface area contributed by atoms with Gasteiger partial charge >= 0.3 is 0 Å². The van der Waals surface area contributed by atoms with Gasteiger partial charge < -0.3 is 10.4 Å². The lowest BCUT2D eigenvalue weighted by atomic mass is 9.99. The van der Waals surface area contributed by atoms with Crippen molar-refractivity contribution in [2.24, 2.45) is 0 Å². The molecule has 1 atom stereocenters. The van der Waals surface area contributed by atoms with Gasteiger partial charge in [0.05, 0.1) is 6.10 Å². The monoisotopic (exact) mass is 223 g/mol. The number of anilines is 1. The van der Waals surface area contributed by atoms with Gasteiger partial charge in [-0.05, 0) is 19.8 Å². The molecule has 0 aliphatic rings. The van der Waals surface area contributed by atoms with Crippen molar-refractivity contribution in [2.45, 2.75) is 45.6 Å². The van der Waals surface area contributed by atoms with Crippen LogP contribution in [0.1, 0.15) is 45.2 Å². The maximum atomic E-state index is 9.18. The summed E-state index contributed by atoms with van der Waals surface area (Å²) in [6, 6.07) is 1.97. The van der Waals surface area contributed by atoms with Gasteiger partial charge in [0.1, 0.15) is 12.1 Å². The molecule has 0 amide bonds. The number of nitrogens with one attached hydrogen (secondary N) is 1. The van der Waals surface area contributed by atoms with E-state index in [-0.39, 0.29) is 6.10 Å². The molecule has 0 fully saturated rings. The molecule has 2 N–H and O–H groups in total. The highest BCUT2D eigenvalue weighted by atomic mass is 16.3. The zero-order chi connectivity index (χ0) is 12.0. The molecule has 90 valence electrons. The molecule has 0 radical (unpaired) electrons. The molecule has 0 aromatic carbocycles. The van der Waals surface area contributed by atoms with Gasteiger partial charge in [0.15, 0.2) is 0 Å². The number of hydrogen-bond donors (Lipinski definition) is 2. The fourth-order valence-electron chi connectivity index (χ4n) is 1.65. The fourth-order valence-corrected chi connectivity index (χ4v) is 1.65. The Labute approximate surface area is 97.1 Å². The molecular weight excluding hydrogens is 202 g/mol. The van der Waals surface area contributed by atoms with Gasteiger partial charge in [-0.3, -0.25) is 0 Å². The van der Waals surface area contributed by atoms with E-state index in [1.165, 1.54) is 0 Å². The Morgan fingerprint density at radius 2 is 2.00 bits per heavy atom. The lowest BCUT2D eigenvalue weighted by Gasteiger charge is -2.13. The van der Waals surface area contributed by atoms with Gasteiger partial charge in [-0.2, -0.15) is 0 Å². The molecule has 4 heteroatoms. The van der Waals surface area contributed by atoms with Crippen LogP contribution in [0.4, 0.5) is 5.82 Å². The molecule has 1 aromatic heterocycles. The predicted octanol–water partition coefficient (Wildman–Crippen LogP) is 2.17. The number of aliphatic hydroxyl groups is 1. The van der Waals surface area contributed by atoms with Gasteiger partial charge in [-0.1, -0.05) is 13.8 Å². The first-order valence-corrected chi connectivity index (χ1v) is 5.91. The Hall–Kier alpha value is -1.16. The standard InChI is InChI=1S/C12H21N3O/c1-4-10(5-2)11-6-12(15-8-14-11)13-7-9(3)16/h6,8-10,16H,4-5,7H2,1-3H3,(H,13,14,15). The molecule has 1 heterocycles. The number of rotatable bonds is 6. The van der Waals surface area contributed by atoms with E-state index in [1.54, 1.807) is 13.3 Å². The first kappa shape index (κ1) is 12.9. The first-order valence-electron chi connectivity index (χ1n) is 5.91. The van der Waals surface area contributed by atoms with E-state index in [0.717, 1.165) is 24.4 Å². The van der Waals surface area contributed by atoms with Gasteiger partial charge in [0.2, 0.25) is 0 Å². The lowest BCUT2D eigenvalue weighted by molar-refractivity contribution is 0.208. The van der Waals surface area contributed by atoms with Crippen LogP contribution in [0.25, 0.3) is 0 Å². The Morgan fingerprint density at radius 3 is 2.56 bits per heavy atom. The Kier molecular flexibility index (Phi) is 5.19. The summed E-state index contributed by atoms with van der Waals surface area (Å²) in [6.07, 6.45) is 3.39. The van der Waals surface area contributed by atoms with E-state index >= 15 is 0 Å². The van der Waals surface area contributed by atoms with E-state index in [9.17, 15) is 5.11 Å². The summed E-state index contributed by atoms with van der Waals surface area (Å²) in [5.41, 5.74) is 1.08. The normalized spacial score (nSPS) is 12.8. The molecule has 1 aromatic rings. The quantitative estimate of drug-likeness (QED) is 0.776. The fraction of sp³-hybridized carbons (Fsp3) is 0.667. The van der Waals surface area contributed by atoms with E-state index in [1.807, 2.05) is 6.07 Å². The predicted molar refractivity (Wildman–Crippen MR) is 65.5 cm³/mol. The zero-order valence-corrected chi connectivity index (χ0v) is 10.3. The third-order valence-electron chi connectivity index (χ3n) is 2.67. The van der Waals surface area contributed by atoms with E-state index in [4.69, 9.17) is 0 Å². The highest BCUT2D eigenvalue weighted by Crippen LogP contribution is 2.21. The smallest absolute Gasteiger partial charge is 0.129 e. The molecule has 0 saturated heterocycles. The second-order valence-electron chi connectivity index (χ2n) is 4.07. The molecule has 0 saturated carbocycles. The van der Waals surface area contributed by atoms with Gasteiger partial charge in [-0.15, -0.1) is 0 Å². The Bertz CT molecular complexity index is 311. The SMILES string of the molecule is CCC(CC)c1cc(NCC(C)O)ncn1. The third kappa shape index (κ3) is 3.77. The van der Waals surface area contributed by atoms with Crippen LogP contribution in [0.2, 0.25) is 0 Å². The Balaban J connectivity index is 2.70. The minimum atomic E-state index is -0.369. The summed E-state index contributed by atoms with van der Waals surface area (Å²) in [5.74, 6) is 1.29. The van der Waals surface area contributed by atoms with Crippen LogP contribution in [0.15, 0.2) is 12.4 Å². The molecule has 0 bridgehead atoms. The van der Waals surface area contributed by atoms with Gasteiger partial charge in [0, 0.05) is 24.2 Å². The third-order valence-corrected chi connectivity index (χ3v) is 2.67. The van der Waals surface area contributed by atoms with E-state index < -0.39 is 0 Å². The average molecular weight is 223 g/mol. The highest BCUT2D eigenvalue weighted by Gasteiger charge is 2.09. The van der Waals surface area contributed by atoms with Crippen LogP contribution in [0, 0.1) is 0 Å². The number of aromatic nitrogens is 2. The lowest BCUT2D eigenvalue weighted by Crippen LogP contribution is -2.16. The van der Waals surface area contributed by atoms with Crippen LogP contribution in [0.5, 0.6) is 0 Å². The summed E-state index contributed by atoms with van der Waals surface area (Å²) in [4.78, 5) is 8.42. The number of nitrogens with zero attached hydrogens (tertiary/aromatic N) is 2. The second kappa shape index (κ2) is 6.43. The molecule has 1 unspecified atom stereocenters. The Morgan fingerprint density at radius 1 is 1.31 bits per heavy atom. The van der Waals surface area contributed by atoms with Crippen LogP contribution >= 0.6 is 0 Å². The first-order chi connectivity index (χ1) is 7.67. The molecule has 4 nitrogen and oxygen atoms in total. The second-order valence-corrected chi connectivity index (χ2v) is 4.07. The maximum absolute atomic E-state index is 9.18. The van der Waals surface area contributed by atoms with Crippen molar-refractivity contribution in [3.05, 3.63) is 18.1 Å². The van der Waals surface area contributed by atoms with Crippen molar-refractivity contribution in [1.82, 2.24) is 9.97 Å². The number of hydrogen-bond acceptors (Lipinski definition) is 4. The van der Waals surface area contributed by atoms with Crippen LogP contribution < -0.4 is 5.32 Å². The number of aliphatic hydroxyl groups excluding tert-OH is 1. The van der Waals surface area contributed by atoms with Gasteiger partial charge in [0.25, 0.3) is 0 Å². The van der Waals surface area contributed by atoms with Crippen LogP contribution in [-0.2, 0) is 0 Å². The van der Waals surface area contributed by atoms with E-state index in [0.29, 0.717) is 12.5 Å². The van der Waals surface area contributed by atoms with Crippen molar-refractivity contribution >= 4 is 5.82 Å². The summed E-state index contributed by atoms with van der Waals surface area (Å²) < 4.78 is 0. The van der Waals surface area contributed by atoms with Crippen LogP contribution in [-0.4, -0.2) is 27.7 Å². The zero-order valence-electron chi connectivity index (χ0n) is 10.3. The van der Waals surface area contributed by atoms with Crippen molar-refractivity contribution in [3.8, 4) is 0 Å². The maximum Gasteiger partial charge on any atom is 0.129 e. The molecule has 1 rings (SSSR count). The summed E-state index contributed by atoms with van der Waals surface area (Å²) in [6.45, 7) is 6.59.